The first kappa shape index (κ1) is 10.9. The lowest BCUT2D eigenvalue weighted by Crippen LogP contribution is -2.21. The van der Waals surface area contributed by atoms with Crippen LogP contribution in [-0.4, -0.2) is 20.2 Å². The van der Waals surface area contributed by atoms with Crippen molar-refractivity contribution in [3.8, 4) is 5.75 Å². The second-order valence-corrected chi connectivity index (χ2v) is 3.38. The Bertz CT molecular complexity index is 292. The number of anilines is 1. The van der Waals surface area contributed by atoms with Crippen molar-refractivity contribution >= 4 is 5.69 Å². The van der Waals surface area contributed by atoms with Crippen molar-refractivity contribution in [2.75, 3.05) is 25.1 Å². The summed E-state index contributed by atoms with van der Waals surface area (Å²) in [6.07, 6.45) is 0. The number of hydrogen-bond acceptors (Lipinski definition) is 2. The molecule has 2 heteroatoms. The maximum absolute atomic E-state index is 5.25. The van der Waals surface area contributed by atoms with Crippen LogP contribution in [0, 0.1) is 6.92 Å². The van der Waals surface area contributed by atoms with E-state index >= 15 is 0 Å². The number of hydrogen-bond donors (Lipinski definition) is 0. The van der Waals surface area contributed by atoms with Crippen LogP contribution in [0.5, 0.6) is 5.75 Å². The quantitative estimate of drug-likeness (QED) is 0.729. The Kier molecular flexibility index (Phi) is 3.81. The van der Waals surface area contributed by atoms with Crippen LogP contribution in [0.25, 0.3) is 0 Å². The molecule has 1 aromatic rings. The highest BCUT2D eigenvalue weighted by Gasteiger charge is 2.04. The molecule has 0 saturated carbocycles. The van der Waals surface area contributed by atoms with Gasteiger partial charge in [-0.25, -0.2) is 0 Å². The van der Waals surface area contributed by atoms with E-state index in [-0.39, 0.29) is 0 Å². The van der Waals surface area contributed by atoms with Gasteiger partial charge in [-0.3, -0.25) is 0 Å². The fourth-order valence-corrected chi connectivity index (χ4v) is 1.62. The van der Waals surface area contributed by atoms with Crippen molar-refractivity contribution in [3.63, 3.8) is 0 Å². The normalized spacial score (nSPS) is 10.0. The molecular weight excluding hydrogens is 174 g/mol. The van der Waals surface area contributed by atoms with E-state index in [4.69, 9.17) is 4.74 Å². The molecule has 0 fully saturated rings. The molecule has 0 aliphatic carbocycles. The summed E-state index contributed by atoms with van der Waals surface area (Å²) in [5.74, 6) is 0.937. The predicted molar refractivity (Wildman–Crippen MR) is 61.3 cm³/mol. The average molecular weight is 193 g/mol. The minimum Gasteiger partial charge on any atom is -0.497 e. The van der Waals surface area contributed by atoms with E-state index < -0.39 is 0 Å². The molecule has 0 spiro atoms. The molecule has 0 N–H and O–H groups in total. The lowest BCUT2D eigenvalue weighted by atomic mass is 10.2. The van der Waals surface area contributed by atoms with Gasteiger partial charge in [-0.2, -0.15) is 0 Å². The van der Waals surface area contributed by atoms with Crippen LogP contribution in [0.3, 0.4) is 0 Å². The van der Waals surface area contributed by atoms with Gasteiger partial charge in [0.05, 0.1) is 7.11 Å². The highest BCUT2D eigenvalue weighted by Crippen LogP contribution is 2.23. The number of methoxy groups -OCH3 is 1. The second-order valence-electron chi connectivity index (χ2n) is 3.38. The van der Waals surface area contributed by atoms with Gasteiger partial charge in [0.2, 0.25) is 0 Å². The first-order chi connectivity index (χ1) is 6.71. The molecule has 14 heavy (non-hydrogen) atoms. The summed E-state index contributed by atoms with van der Waals surface area (Å²) in [6, 6.07) is 6.32. The average Bonchev–Trinajstić information content (AvgIpc) is 2.19. The maximum atomic E-state index is 5.25. The Morgan fingerprint density at radius 2 is 1.79 bits per heavy atom. The molecule has 2 nitrogen and oxygen atoms in total. The zero-order valence-corrected chi connectivity index (χ0v) is 9.50. The van der Waals surface area contributed by atoms with E-state index in [2.05, 4.69) is 37.8 Å². The number of ether oxygens (including phenoxy) is 1. The summed E-state index contributed by atoms with van der Waals surface area (Å²) in [5.41, 5.74) is 2.48. The van der Waals surface area contributed by atoms with Gasteiger partial charge >= 0.3 is 0 Å². The molecule has 0 saturated heterocycles. The van der Waals surface area contributed by atoms with Crippen molar-refractivity contribution in [2.45, 2.75) is 20.8 Å². The molecule has 0 bridgehead atoms. The van der Waals surface area contributed by atoms with Crippen LogP contribution in [0.1, 0.15) is 19.4 Å². The van der Waals surface area contributed by atoms with Gasteiger partial charge in [0.1, 0.15) is 5.75 Å². The summed E-state index contributed by atoms with van der Waals surface area (Å²) >= 11 is 0. The molecule has 0 unspecified atom stereocenters. The van der Waals surface area contributed by atoms with E-state index in [1.807, 2.05) is 6.07 Å². The molecule has 0 aliphatic rings. The van der Waals surface area contributed by atoms with Crippen LogP contribution in [0.4, 0.5) is 5.69 Å². The molecule has 1 rings (SSSR count). The minimum atomic E-state index is 0.937. The standard InChI is InChI=1S/C12H19NO/c1-5-13(6-2)11-7-10(3)8-12(9-11)14-4/h7-9H,5-6H2,1-4H3. The van der Waals surface area contributed by atoms with Crippen LogP contribution in [0.15, 0.2) is 18.2 Å². The highest BCUT2D eigenvalue weighted by atomic mass is 16.5. The fourth-order valence-electron chi connectivity index (χ4n) is 1.62. The van der Waals surface area contributed by atoms with Crippen molar-refractivity contribution < 1.29 is 4.74 Å². The Hall–Kier alpha value is -1.18. The lowest BCUT2D eigenvalue weighted by Gasteiger charge is -2.22. The highest BCUT2D eigenvalue weighted by molar-refractivity contribution is 5.53. The monoisotopic (exact) mass is 193 g/mol. The molecule has 0 aromatic heterocycles. The first-order valence-electron chi connectivity index (χ1n) is 5.11. The van der Waals surface area contributed by atoms with Gasteiger partial charge in [0.25, 0.3) is 0 Å². The third-order valence-corrected chi connectivity index (χ3v) is 2.40. The molecule has 0 radical (unpaired) electrons. The van der Waals surface area contributed by atoms with Crippen molar-refractivity contribution in [2.24, 2.45) is 0 Å². The number of rotatable bonds is 4. The van der Waals surface area contributed by atoms with E-state index in [1.54, 1.807) is 7.11 Å². The molecule has 78 valence electrons. The summed E-state index contributed by atoms with van der Waals surface area (Å²) in [5, 5.41) is 0. The number of benzene rings is 1. The fraction of sp³-hybridized carbons (Fsp3) is 0.500. The molecule has 0 heterocycles. The van der Waals surface area contributed by atoms with Gasteiger partial charge in [0, 0.05) is 24.8 Å². The van der Waals surface area contributed by atoms with E-state index in [1.165, 1.54) is 11.3 Å². The molecule has 0 atom stereocenters. The van der Waals surface area contributed by atoms with E-state index in [9.17, 15) is 0 Å². The summed E-state index contributed by atoms with van der Waals surface area (Å²) in [6.45, 7) is 8.48. The molecular formula is C12H19NO. The van der Waals surface area contributed by atoms with Gasteiger partial charge in [-0.05, 0) is 38.5 Å². The topological polar surface area (TPSA) is 12.5 Å². The third kappa shape index (κ3) is 2.41. The largest absolute Gasteiger partial charge is 0.497 e. The Morgan fingerprint density at radius 3 is 2.29 bits per heavy atom. The SMILES string of the molecule is CCN(CC)c1cc(C)cc(OC)c1. The number of aryl methyl sites for hydroxylation is 1. The lowest BCUT2D eigenvalue weighted by molar-refractivity contribution is 0.414. The Labute approximate surface area is 86.5 Å². The maximum Gasteiger partial charge on any atom is 0.121 e. The second kappa shape index (κ2) is 4.89. The molecule has 0 aliphatic heterocycles. The van der Waals surface area contributed by atoms with Gasteiger partial charge in [-0.15, -0.1) is 0 Å². The van der Waals surface area contributed by atoms with Crippen molar-refractivity contribution in [1.82, 2.24) is 0 Å². The van der Waals surface area contributed by atoms with E-state index in [0.29, 0.717) is 0 Å². The Balaban J connectivity index is 3.01. The smallest absolute Gasteiger partial charge is 0.121 e. The predicted octanol–water partition coefficient (Wildman–Crippen LogP) is 2.85. The summed E-state index contributed by atoms with van der Waals surface area (Å²) < 4.78 is 5.25. The first-order valence-corrected chi connectivity index (χ1v) is 5.11. The van der Waals surface area contributed by atoms with E-state index in [0.717, 1.165) is 18.8 Å². The van der Waals surface area contributed by atoms with Crippen LogP contribution in [0.2, 0.25) is 0 Å². The van der Waals surface area contributed by atoms with Crippen molar-refractivity contribution in [1.29, 1.82) is 0 Å². The van der Waals surface area contributed by atoms with Crippen molar-refractivity contribution in [3.05, 3.63) is 23.8 Å². The number of nitrogens with zero attached hydrogens (tertiary/aromatic N) is 1. The van der Waals surface area contributed by atoms with Gasteiger partial charge in [-0.1, -0.05) is 0 Å². The minimum absolute atomic E-state index is 0.937. The van der Waals surface area contributed by atoms with Crippen LogP contribution >= 0.6 is 0 Å². The van der Waals surface area contributed by atoms with Gasteiger partial charge < -0.3 is 9.64 Å². The zero-order valence-electron chi connectivity index (χ0n) is 9.50. The van der Waals surface area contributed by atoms with Crippen LogP contribution in [-0.2, 0) is 0 Å². The molecule has 0 amide bonds. The van der Waals surface area contributed by atoms with Crippen LogP contribution < -0.4 is 9.64 Å². The Morgan fingerprint density at radius 1 is 1.14 bits per heavy atom. The zero-order chi connectivity index (χ0) is 10.6. The van der Waals surface area contributed by atoms with Gasteiger partial charge in [0.15, 0.2) is 0 Å². The summed E-state index contributed by atoms with van der Waals surface area (Å²) in [4.78, 5) is 2.32. The summed E-state index contributed by atoms with van der Waals surface area (Å²) in [7, 11) is 1.71. The molecule has 1 aromatic carbocycles. The third-order valence-electron chi connectivity index (χ3n) is 2.40.